The standard InChI is InChI=1S/C21H29N3O4/c25-20(22-17-5-3-1-2-4-6-17)21(26)24-11-9-23(10-12-24)14-16-7-8-18-19(13-16)28-15-27-18/h7-8,13,17H,1-6,9-12,14-15H2,(H,22,25). The molecule has 2 aliphatic heterocycles. The predicted molar refractivity (Wildman–Crippen MR) is 104 cm³/mol. The monoisotopic (exact) mass is 387 g/mol. The van der Waals surface area contributed by atoms with Crippen molar-refractivity contribution in [1.82, 2.24) is 15.1 Å². The van der Waals surface area contributed by atoms with E-state index in [1.807, 2.05) is 18.2 Å². The molecule has 2 heterocycles. The molecule has 0 bridgehead atoms. The molecule has 0 atom stereocenters. The van der Waals surface area contributed by atoms with Crippen LogP contribution in [-0.4, -0.2) is 60.6 Å². The van der Waals surface area contributed by atoms with Gasteiger partial charge in [-0.1, -0.05) is 31.7 Å². The summed E-state index contributed by atoms with van der Waals surface area (Å²) in [5, 5.41) is 2.96. The summed E-state index contributed by atoms with van der Waals surface area (Å²) in [4.78, 5) is 28.9. The van der Waals surface area contributed by atoms with Crippen molar-refractivity contribution in [3.05, 3.63) is 23.8 Å². The Bertz CT molecular complexity index is 708. The Morgan fingerprint density at radius 1 is 0.964 bits per heavy atom. The van der Waals surface area contributed by atoms with E-state index >= 15 is 0 Å². The zero-order valence-corrected chi connectivity index (χ0v) is 16.3. The largest absolute Gasteiger partial charge is 0.454 e. The first-order valence-corrected chi connectivity index (χ1v) is 10.4. The summed E-state index contributed by atoms with van der Waals surface area (Å²) >= 11 is 0. The van der Waals surface area contributed by atoms with Crippen molar-refractivity contribution in [2.45, 2.75) is 51.1 Å². The Balaban J connectivity index is 1.24. The van der Waals surface area contributed by atoms with E-state index in [2.05, 4.69) is 10.2 Å². The van der Waals surface area contributed by atoms with Crippen LogP contribution in [0.15, 0.2) is 18.2 Å². The fraction of sp³-hybridized carbons (Fsp3) is 0.619. The molecule has 7 heteroatoms. The van der Waals surface area contributed by atoms with Gasteiger partial charge in [0.25, 0.3) is 0 Å². The molecule has 0 spiro atoms. The first-order chi connectivity index (χ1) is 13.7. The van der Waals surface area contributed by atoms with Gasteiger partial charge in [0.05, 0.1) is 0 Å². The minimum absolute atomic E-state index is 0.159. The lowest BCUT2D eigenvalue weighted by molar-refractivity contribution is -0.147. The number of hydrogen-bond acceptors (Lipinski definition) is 5. The third-order valence-electron chi connectivity index (χ3n) is 5.89. The van der Waals surface area contributed by atoms with Gasteiger partial charge in [-0.15, -0.1) is 0 Å². The van der Waals surface area contributed by atoms with E-state index in [0.29, 0.717) is 13.1 Å². The number of nitrogens with one attached hydrogen (secondary N) is 1. The van der Waals surface area contributed by atoms with E-state index in [9.17, 15) is 9.59 Å². The van der Waals surface area contributed by atoms with E-state index in [1.165, 1.54) is 12.8 Å². The van der Waals surface area contributed by atoms with Gasteiger partial charge in [0.15, 0.2) is 11.5 Å². The molecule has 28 heavy (non-hydrogen) atoms. The zero-order valence-electron chi connectivity index (χ0n) is 16.3. The number of nitrogens with zero attached hydrogens (tertiary/aromatic N) is 2. The highest BCUT2D eigenvalue weighted by molar-refractivity contribution is 6.35. The van der Waals surface area contributed by atoms with Crippen molar-refractivity contribution in [3.8, 4) is 11.5 Å². The second kappa shape index (κ2) is 8.82. The summed E-state index contributed by atoms with van der Waals surface area (Å²) < 4.78 is 10.8. The molecule has 152 valence electrons. The van der Waals surface area contributed by atoms with E-state index in [-0.39, 0.29) is 18.7 Å². The first-order valence-electron chi connectivity index (χ1n) is 10.4. The van der Waals surface area contributed by atoms with Gasteiger partial charge in [0.1, 0.15) is 0 Å². The third-order valence-corrected chi connectivity index (χ3v) is 5.89. The SMILES string of the molecule is O=C(NC1CCCCCC1)C(=O)N1CCN(Cc2ccc3c(c2)OCO3)CC1. The summed E-state index contributed by atoms with van der Waals surface area (Å²) in [6, 6.07) is 6.16. The molecular formula is C21H29N3O4. The van der Waals surface area contributed by atoms with Crippen molar-refractivity contribution in [3.63, 3.8) is 0 Å². The highest BCUT2D eigenvalue weighted by atomic mass is 16.7. The molecule has 0 unspecified atom stereocenters. The lowest BCUT2D eigenvalue weighted by Crippen LogP contribution is -2.53. The van der Waals surface area contributed by atoms with Crippen LogP contribution < -0.4 is 14.8 Å². The number of hydrogen-bond donors (Lipinski definition) is 1. The molecule has 4 rings (SSSR count). The van der Waals surface area contributed by atoms with Crippen LogP contribution in [0.2, 0.25) is 0 Å². The molecule has 1 N–H and O–H groups in total. The topological polar surface area (TPSA) is 71.1 Å². The first kappa shape index (κ1) is 19.1. The number of benzene rings is 1. The van der Waals surface area contributed by atoms with Crippen LogP contribution in [0, 0.1) is 0 Å². The Hall–Kier alpha value is -2.28. The van der Waals surface area contributed by atoms with Gasteiger partial charge in [-0.05, 0) is 30.5 Å². The van der Waals surface area contributed by atoms with Crippen LogP contribution in [0.1, 0.15) is 44.1 Å². The predicted octanol–water partition coefficient (Wildman–Crippen LogP) is 1.90. The molecule has 1 saturated carbocycles. The van der Waals surface area contributed by atoms with Crippen LogP contribution in [0.5, 0.6) is 11.5 Å². The summed E-state index contributed by atoms with van der Waals surface area (Å²) in [5.41, 5.74) is 1.16. The number of carbonyl (C=O) groups is 2. The average Bonchev–Trinajstić information content (AvgIpc) is 3.03. The van der Waals surface area contributed by atoms with Gasteiger partial charge in [-0.2, -0.15) is 0 Å². The van der Waals surface area contributed by atoms with Crippen LogP contribution in [0.4, 0.5) is 0 Å². The maximum absolute atomic E-state index is 12.5. The van der Waals surface area contributed by atoms with Crippen LogP contribution >= 0.6 is 0 Å². The Morgan fingerprint density at radius 3 is 2.43 bits per heavy atom. The lowest BCUT2D eigenvalue weighted by atomic mass is 10.1. The average molecular weight is 387 g/mol. The summed E-state index contributed by atoms with van der Waals surface area (Å²) in [6.07, 6.45) is 6.71. The minimum atomic E-state index is -0.434. The highest BCUT2D eigenvalue weighted by Crippen LogP contribution is 2.32. The van der Waals surface area contributed by atoms with Crippen LogP contribution in [-0.2, 0) is 16.1 Å². The molecule has 3 aliphatic rings. The van der Waals surface area contributed by atoms with E-state index in [4.69, 9.17) is 9.47 Å². The Morgan fingerprint density at radius 2 is 1.68 bits per heavy atom. The molecule has 1 aromatic rings. The molecule has 1 aliphatic carbocycles. The number of piperazine rings is 1. The second-order valence-electron chi connectivity index (χ2n) is 7.92. The maximum atomic E-state index is 12.5. The molecular weight excluding hydrogens is 358 g/mol. The molecule has 7 nitrogen and oxygen atoms in total. The molecule has 2 amide bonds. The Kier molecular flexibility index (Phi) is 6.00. The summed E-state index contributed by atoms with van der Waals surface area (Å²) in [5.74, 6) is 0.767. The van der Waals surface area contributed by atoms with Crippen LogP contribution in [0.25, 0.3) is 0 Å². The fourth-order valence-electron chi connectivity index (χ4n) is 4.22. The van der Waals surface area contributed by atoms with Crippen molar-refractivity contribution >= 4 is 11.8 Å². The molecule has 1 aromatic carbocycles. The molecule has 1 saturated heterocycles. The summed E-state index contributed by atoms with van der Waals surface area (Å²) in [7, 11) is 0. The van der Waals surface area contributed by atoms with Crippen molar-refractivity contribution in [2.24, 2.45) is 0 Å². The quantitative estimate of drug-likeness (QED) is 0.634. The van der Waals surface area contributed by atoms with Crippen molar-refractivity contribution in [2.75, 3.05) is 33.0 Å². The highest BCUT2D eigenvalue weighted by Gasteiger charge is 2.28. The van der Waals surface area contributed by atoms with E-state index in [0.717, 1.165) is 62.4 Å². The fourth-order valence-corrected chi connectivity index (χ4v) is 4.22. The van der Waals surface area contributed by atoms with Gasteiger partial charge in [0, 0.05) is 38.8 Å². The Labute approximate surface area is 166 Å². The van der Waals surface area contributed by atoms with Gasteiger partial charge in [0.2, 0.25) is 6.79 Å². The molecule has 0 radical (unpaired) electrons. The third kappa shape index (κ3) is 4.58. The number of amides is 2. The molecule has 2 fully saturated rings. The number of rotatable bonds is 3. The molecule has 0 aromatic heterocycles. The number of carbonyl (C=O) groups excluding carboxylic acids is 2. The van der Waals surface area contributed by atoms with Gasteiger partial charge in [-0.25, -0.2) is 0 Å². The number of fused-ring (bicyclic) bond motifs is 1. The van der Waals surface area contributed by atoms with Gasteiger partial charge < -0.3 is 19.7 Å². The van der Waals surface area contributed by atoms with Crippen molar-refractivity contribution < 1.29 is 19.1 Å². The normalized spacial score (nSPS) is 20.6. The van der Waals surface area contributed by atoms with E-state index in [1.54, 1.807) is 4.90 Å². The maximum Gasteiger partial charge on any atom is 0.311 e. The minimum Gasteiger partial charge on any atom is -0.454 e. The van der Waals surface area contributed by atoms with Gasteiger partial charge >= 0.3 is 11.8 Å². The summed E-state index contributed by atoms with van der Waals surface area (Å²) in [6.45, 7) is 3.77. The zero-order chi connectivity index (χ0) is 19.3. The number of ether oxygens (including phenoxy) is 2. The smallest absolute Gasteiger partial charge is 0.311 e. The van der Waals surface area contributed by atoms with Crippen molar-refractivity contribution in [1.29, 1.82) is 0 Å². The lowest BCUT2D eigenvalue weighted by Gasteiger charge is -2.34. The van der Waals surface area contributed by atoms with Crippen LogP contribution in [0.3, 0.4) is 0 Å². The van der Waals surface area contributed by atoms with Gasteiger partial charge in [-0.3, -0.25) is 14.5 Å². The van der Waals surface area contributed by atoms with E-state index < -0.39 is 5.91 Å². The second-order valence-corrected chi connectivity index (χ2v) is 7.92.